The molecule has 1 heterocycles. The largest absolute Gasteiger partial charge is 0.481 e. The second-order valence-corrected chi connectivity index (χ2v) is 6.67. The summed E-state index contributed by atoms with van der Waals surface area (Å²) in [5.41, 5.74) is -0.185. The number of hydrogen-bond donors (Lipinski definition) is 2. The van der Waals surface area contributed by atoms with E-state index < -0.39 is 5.97 Å². The minimum absolute atomic E-state index is 0.0400. The van der Waals surface area contributed by atoms with Gasteiger partial charge in [0.1, 0.15) is 0 Å². The van der Waals surface area contributed by atoms with Crippen molar-refractivity contribution in [2.45, 2.75) is 44.9 Å². The third-order valence-electron chi connectivity index (χ3n) is 4.01. The number of amides is 1. The van der Waals surface area contributed by atoms with E-state index in [-0.39, 0.29) is 17.7 Å². The molecule has 1 aliphatic rings. The summed E-state index contributed by atoms with van der Waals surface area (Å²) in [4.78, 5) is 23.9. The Morgan fingerprint density at radius 3 is 2.75 bits per heavy atom. The number of hydrogen-bond acceptors (Lipinski definition) is 3. The molecule has 0 bridgehead atoms. The van der Waals surface area contributed by atoms with Crippen LogP contribution < -0.4 is 5.32 Å². The number of aliphatic carboxylic acids is 1. The molecule has 110 valence electrons. The highest BCUT2D eigenvalue weighted by molar-refractivity contribution is 7.09. The smallest absolute Gasteiger partial charge is 0.303 e. The summed E-state index contributed by atoms with van der Waals surface area (Å²) in [5.74, 6) is -0.727. The summed E-state index contributed by atoms with van der Waals surface area (Å²) < 4.78 is 0. The average molecular weight is 295 g/mol. The van der Waals surface area contributed by atoms with Gasteiger partial charge in [0.2, 0.25) is 5.91 Å². The first-order chi connectivity index (χ1) is 9.60. The van der Waals surface area contributed by atoms with Crippen LogP contribution in [0.3, 0.4) is 0 Å². The molecule has 1 saturated carbocycles. The standard InChI is InChI=1S/C15H21NO3S/c17-13(6-1-4-12-5-2-9-20-12)16-11-15(7-3-8-15)10-14(18)19/h2,5,9H,1,3-4,6-8,10-11H2,(H,16,17)(H,18,19). The van der Waals surface area contributed by atoms with Crippen molar-refractivity contribution in [3.63, 3.8) is 0 Å². The maximum absolute atomic E-state index is 11.8. The van der Waals surface area contributed by atoms with E-state index in [1.54, 1.807) is 11.3 Å². The number of carbonyl (C=O) groups is 2. The van der Waals surface area contributed by atoms with Crippen molar-refractivity contribution in [2.24, 2.45) is 5.41 Å². The van der Waals surface area contributed by atoms with Crippen LogP contribution in [0.2, 0.25) is 0 Å². The average Bonchev–Trinajstić information content (AvgIpc) is 2.85. The zero-order valence-corrected chi connectivity index (χ0v) is 12.4. The Morgan fingerprint density at radius 1 is 1.40 bits per heavy atom. The van der Waals surface area contributed by atoms with Crippen molar-refractivity contribution >= 4 is 23.2 Å². The van der Waals surface area contributed by atoms with Gasteiger partial charge in [0.05, 0.1) is 6.42 Å². The lowest BCUT2D eigenvalue weighted by atomic mass is 9.66. The number of aryl methyl sites for hydroxylation is 1. The van der Waals surface area contributed by atoms with Crippen LogP contribution in [0.25, 0.3) is 0 Å². The molecule has 2 N–H and O–H groups in total. The Bertz CT molecular complexity index is 452. The molecule has 0 aromatic carbocycles. The fourth-order valence-corrected chi connectivity index (χ4v) is 3.42. The maximum Gasteiger partial charge on any atom is 0.303 e. The van der Waals surface area contributed by atoms with Crippen molar-refractivity contribution in [2.75, 3.05) is 6.54 Å². The van der Waals surface area contributed by atoms with Gasteiger partial charge in [-0.25, -0.2) is 0 Å². The Balaban J connectivity index is 1.65. The van der Waals surface area contributed by atoms with Crippen molar-refractivity contribution < 1.29 is 14.7 Å². The normalized spacial score (nSPS) is 16.4. The van der Waals surface area contributed by atoms with Gasteiger partial charge in [-0.05, 0) is 42.5 Å². The van der Waals surface area contributed by atoms with Gasteiger partial charge in [-0.3, -0.25) is 9.59 Å². The fourth-order valence-electron chi connectivity index (χ4n) is 2.67. The number of nitrogens with one attached hydrogen (secondary N) is 1. The molecule has 1 fully saturated rings. The topological polar surface area (TPSA) is 66.4 Å². The van der Waals surface area contributed by atoms with Crippen molar-refractivity contribution in [1.29, 1.82) is 0 Å². The van der Waals surface area contributed by atoms with Gasteiger partial charge in [-0.2, -0.15) is 0 Å². The van der Waals surface area contributed by atoms with E-state index >= 15 is 0 Å². The molecule has 20 heavy (non-hydrogen) atoms. The second kappa shape index (κ2) is 6.88. The third kappa shape index (κ3) is 4.34. The molecule has 0 unspecified atom stereocenters. The highest BCUT2D eigenvalue weighted by Gasteiger charge is 2.39. The molecule has 1 aliphatic carbocycles. The van der Waals surface area contributed by atoms with E-state index in [0.717, 1.165) is 32.1 Å². The van der Waals surface area contributed by atoms with Gasteiger partial charge in [-0.1, -0.05) is 12.5 Å². The van der Waals surface area contributed by atoms with Crippen LogP contribution in [-0.4, -0.2) is 23.5 Å². The van der Waals surface area contributed by atoms with Crippen molar-refractivity contribution in [1.82, 2.24) is 5.32 Å². The van der Waals surface area contributed by atoms with E-state index in [1.165, 1.54) is 4.88 Å². The number of rotatable bonds is 8. The number of thiophene rings is 1. The van der Waals surface area contributed by atoms with Crippen LogP contribution in [0.1, 0.15) is 43.4 Å². The summed E-state index contributed by atoms with van der Waals surface area (Å²) in [6.07, 6.45) is 5.36. The number of carboxylic acids is 1. The number of carbonyl (C=O) groups excluding carboxylic acids is 1. The molecule has 0 saturated heterocycles. The summed E-state index contributed by atoms with van der Waals surface area (Å²) in [7, 11) is 0. The first-order valence-corrected chi connectivity index (χ1v) is 7.99. The first-order valence-electron chi connectivity index (χ1n) is 7.11. The fraction of sp³-hybridized carbons (Fsp3) is 0.600. The van der Waals surface area contributed by atoms with Crippen LogP contribution in [0.4, 0.5) is 0 Å². The highest BCUT2D eigenvalue weighted by Crippen LogP contribution is 2.43. The van der Waals surface area contributed by atoms with Gasteiger partial charge >= 0.3 is 5.97 Å². The molecule has 2 rings (SSSR count). The molecule has 1 aromatic rings. The minimum atomic E-state index is -0.767. The zero-order chi connectivity index (χ0) is 14.4. The Hall–Kier alpha value is -1.36. The van der Waals surface area contributed by atoms with E-state index in [1.807, 2.05) is 11.4 Å². The SMILES string of the molecule is O=C(O)CC1(CNC(=O)CCCc2cccs2)CCC1. The van der Waals surface area contributed by atoms with Gasteiger partial charge in [0.25, 0.3) is 0 Å². The quantitative estimate of drug-likeness (QED) is 0.775. The summed E-state index contributed by atoms with van der Waals surface area (Å²) in [6, 6.07) is 4.10. The van der Waals surface area contributed by atoms with Gasteiger partial charge in [-0.15, -0.1) is 11.3 Å². The van der Waals surface area contributed by atoms with Crippen molar-refractivity contribution in [3.05, 3.63) is 22.4 Å². The Labute approximate surface area is 123 Å². The van der Waals surface area contributed by atoms with Crippen LogP contribution >= 0.6 is 11.3 Å². The molecule has 0 atom stereocenters. The minimum Gasteiger partial charge on any atom is -0.481 e. The lowest BCUT2D eigenvalue weighted by Gasteiger charge is -2.40. The number of carboxylic acid groups (broad SMARTS) is 1. The van der Waals surface area contributed by atoms with Crippen LogP contribution in [0.5, 0.6) is 0 Å². The predicted molar refractivity (Wildman–Crippen MR) is 78.8 cm³/mol. The van der Waals surface area contributed by atoms with E-state index in [4.69, 9.17) is 5.11 Å². The van der Waals surface area contributed by atoms with Gasteiger partial charge in [0, 0.05) is 17.8 Å². The lowest BCUT2D eigenvalue weighted by Crippen LogP contribution is -2.43. The summed E-state index contributed by atoms with van der Waals surface area (Å²) >= 11 is 1.71. The van der Waals surface area contributed by atoms with Crippen LogP contribution in [-0.2, 0) is 16.0 Å². The maximum atomic E-state index is 11.8. The van der Waals surface area contributed by atoms with Crippen LogP contribution in [0, 0.1) is 5.41 Å². The molecule has 1 amide bonds. The predicted octanol–water partition coefficient (Wildman–Crippen LogP) is 2.83. The monoisotopic (exact) mass is 295 g/mol. The lowest BCUT2D eigenvalue weighted by molar-refractivity contribution is -0.141. The summed E-state index contributed by atoms with van der Waals surface area (Å²) in [6.45, 7) is 0.511. The second-order valence-electron chi connectivity index (χ2n) is 5.63. The van der Waals surface area contributed by atoms with E-state index in [2.05, 4.69) is 11.4 Å². The van der Waals surface area contributed by atoms with Crippen LogP contribution in [0.15, 0.2) is 17.5 Å². The van der Waals surface area contributed by atoms with E-state index in [0.29, 0.717) is 13.0 Å². The Morgan fingerprint density at radius 2 is 2.20 bits per heavy atom. The highest BCUT2D eigenvalue weighted by atomic mass is 32.1. The molecule has 1 aromatic heterocycles. The van der Waals surface area contributed by atoms with Gasteiger partial charge < -0.3 is 10.4 Å². The molecule has 4 nitrogen and oxygen atoms in total. The summed E-state index contributed by atoms with van der Waals surface area (Å²) in [5, 5.41) is 13.9. The van der Waals surface area contributed by atoms with Gasteiger partial charge in [0.15, 0.2) is 0 Å². The zero-order valence-electron chi connectivity index (χ0n) is 11.6. The molecule has 0 aliphatic heterocycles. The molecule has 5 heteroatoms. The molecule has 0 spiro atoms. The first kappa shape index (κ1) is 15.0. The van der Waals surface area contributed by atoms with Crippen molar-refractivity contribution in [3.8, 4) is 0 Å². The third-order valence-corrected chi connectivity index (χ3v) is 4.94. The molecule has 0 radical (unpaired) electrons. The Kier molecular flexibility index (Phi) is 5.17. The molecular formula is C15H21NO3S. The molecular weight excluding hydrogens is 274 g/mol. The van der Waals surface area contributed by atoms with E-state index in [9.17, 15) is 9.59 Å².